The molecule has 0 radical (unpaired) electrons. The van der Waals surface area contributed by atoms with Crippen LogP contribution in [0.3, 0.4) is 0 Å². The van der Waals surface area contributed by atoms with Gasteiger partial charge in [-0.05, 0) is 12.1 Å². The van der Waals surface area contributed by atoms with Gasteiger partial charge in [0.1, 0.15) is 6.07 Å². The quantitative estimate of drug-likeness (QED) is 0.736. The molecule has 0 aliphatic carbocycles. The van der Waals surface area contributed by atoms with Crippen LogP contribution >= 0.6 is 11.3 Å². The molecule has 0 saturated carbocycles. The molecule has 0 aliphatic heterocycles. The van der Waals surface area contributed by atoms with Gasteiger partial charge in [0.15, 0.2) is 11.5 Å². The van der Waals surface area contributed by atoms with Crippen LogP contribution in [0.15, 0.2) is 36.7 Å². The Hall–Kier alpha value is -2.58. The molecule has 0 bridgehead atoms. The molecule has 1 aromatic carbocycles. The van der Waals surface area contributed by atoms with Gasteiger partial charge in [-0.2, -0.15) is 5.26 Å². The molecule has 3 aromatic rings. The minimum Gasteiger partial charge on any atom is -0.493 e. The smallest absolute Gasteiger partial charge is 0.162 e. The molecule has 0 N–H and O–H groups in total. The Morgan fingerprint density at radius 1 is 1.19 bits per heavy atom. The number of rotatable bonds is 3. The fourth-order valence-electron chi connectivity index (χ4n) is 2.23. The number of fused-ring (bicyclic) bond motifs is 1. The zero-order valence-electron chi connectivity index (χ0n) is 11.6. The number of aromatic nitrogens is 1. The van der Waals surface area contributed by atoms with Crippen molar-refractivity contribution in [1.29, 1.82) is 5.26 Å². The maximum Gasteiger partial charge on any atom is 0.162 e. The van der Waals surface area contributed by atoms with Crippen LogP contribution in [0.4, 0.5) is 0 Å². The molecule has 0 atom stereocenters. The van der Waals surface area contributed by atoms with Crippen LogP contribution in [0.5, 0.6) is 11.5 Å². The second kappa shape index (κ2) is 5.43. The van der Waals surface area contributed by atoms with Gasteiger partial charge >= 0.3 is 0 Å². The van der Waals surface area contributed by atoms with Crippen molar-refractivity contribution in [3.8, 4) is 28.0 Å². The summed E-state index contributed by atoms with van der Waals surface area (Å²) in [6, 6.07) is 9.86. The number of ether oxygens (including phenoxy) is 2. The molecule has 0 unspecified atom stereocenters. The van der Waals surface area contributed by atoms with Gasteiger partial charge < -0.3 is 9.47 Å². The fraction of sp³-hybridized carbons (Fsp3) is 0.125. The van der Waals surface area contributed by atoms with Crippen molar-refractivity contribution in [3.05, 3.63) is 42.2 Å². The van der Waals surface area contributed by atoms with E-state index in [1.807, 2.05) is 24.3 Å². The Labute approximate surface area is 126 Å². The summed E-state index contributed by atoms with van der Waals surface area (Å²) in [6.45, 7) is 0. The van der Waals surface area contributed by atoms with E-state index in [-0.39, 0.29) is 0 Å². The van der Waals surface area contributed by atoms with E-state index in [4.69, 9.17) is 9.47 Å². The Bertz CT molecular complexity index is 835. The zero-order chi connectivity index (χ0) is 14.8. The molecule has 104 valence electrons. The normalized spacial score (nSPS) is 10.3. The molecule has 0 spiro atoms. The van der Waals surface area contributed by atoms with Crippen molar-refractivity contribution in [2.24, 2.45) is 0 Å². The summed E-state index contributed by atoms with van der Waals surface area (Å²) in [5, 5.41) is 10.4. The van der Waals surface area contributed by atoms with Crippen LogP contribution in [-0.4, -0.2) is 19.2 Å². The lowest BCUT2D eigenvalue weighted by molar-refractivity contribution is 0.356. The summed E-state index contributed by atoms with van der Waals surface area (Å²) < 4.78 is 11.6. The van der Waals surface area contributed by atoms with Crippen molar-refractivity contribution in [1.82, 2.24) is 4.98 Å². The minimum atomic E-state index is 0.622. The first-order valence-electron chi connectivity index (χ1n) is 6.27. The summed E-state index contributed by atoms with van der Waals surface area (Å²) in [7, 11) is 3.19. The van der Waals surface area contributed by atoms with Crippen LogP contribution in [0, 0.1) is 11.3 Å². The van der Waals surface area contributed by atoms with Gasteiger partial charge in [-0.1, -0.05) is 6.07 Å². The van der Waals surface area contributed by atoms with E-state index < -0.39 is 0 Å². The van der Waals surface area contributed by atoms with E-state index in [0.717, 1.165) is 20.5 Å². The minimum absolute atomic E-state index is 0.622. The van der Waals surface area contributed by atoms with Crippen molar-refractivity contribution in [2.75, 3.05) is 14.2 Å². The molecule has 0 aliphatic rings. The first-order chi connectivity index (χ1) is 10.3. The van der Waals surface area contributed by atoms with Gasteiger partial charge in [0.05, 0.1) is 24.7 Å². The number of hydrogen-bond acceptors (Lipinski definition) is 5. The molecule has 21 heavy (non-hydrogen) atoms. The van der Waals surface area contributed by atoms with Gasteiger partial charge in [0.2, 0.25) is 0 Å². The van der Waals surface area contributed by atoms with Gasteiger partial charge in [-0.3, -0.25) is 4.98 Å². The number of nitriles is 1. The fourth-order valence-corrected chi connectivity index (χ4v) is 3.39. The van der Waals surface area contributed by atoms with Crippen LogP contribution in [0.1, 0.15) is 5.56 Å². The molecule has 2 aromatic heterocycles. The Morgan fingerprint density at radius 2 is 1.95 bits per heavy atom. The van der Waals surface area contributed by atoms with E-state index in [9.17, 15) is 5.26 Å². The number of nitrogens with zero attached hydrogens (tertiary/aromatic N) is 2. The molecule has 0 fully saturated rings. The predicted molar refractivity (Wildman–Crippen MR) is 82.9 cm³/mol. The Balaban J connectivity index is 2.31. The molecular weight excluding hydrogens is 284 g/mol. The number of thiophene rings is 1. The average Bonchev–Trinajstić information content (AvgIpc) is 2.91. The SMILES string of the molecule is COc1cc2sc(-c3cccnc3)c(C#N)c2cc1OC. The van der Waals surface area contributed by atoms with E-state index in [0.29, 0.717) is 17.1 Å². The maximum atomic E-state index is 9.52. The number of benzene rings is 1. The lowest BCUT2D eigenvalue weighted by Crippen LogP contribution is -1.89. The van der Waals surface area contributed by atoms with Crippen molar-refractivity contribution in [3.63, 3.8) is 0 Å². The standard InChI is InChI=1S/C16H12N2O2S/c1-19-13-6-11-12(8-17)16(10-4-3-5-18-9-10)21-15(11)7-14(13)20-2/h3-7,9H,1-2H3. The molecule has 3 rings (SSSR count). The number of pyridine rings is 1. The second-order valence-corrected chi connectivity index (χ2v) is 5.42. The molecule has 5 heteroatoms. The first-order valence-corrected chi connectivity index (χ1v) is 7.09. The molecule has 2 heterocycles. The van der Waals surface area contributed by atoms with Crippen LogP contribution in [-0.2, 0) is 0 Å². The first kappa shape index (κ1) is 13.4. The second-order valence-electron chi connectivity index (χ2n) is 4.36. The van der Waals surface area contributed by atoms with Gasteiger partial charge in [0.25, 0.3) is 0 Å². The predicted octanol–water partition coefficient (Wildman–Crippen LogP) is 3.85. The molecule has 0 amide bonds. The lowest BCUT2D eigenvalue weighted by Gasteiger charge is -2.06. The highest BCUT2D eigenvalue weighted by Gasteiger charge is 2.17. The summed E-state index contributed by atoms with van der Waals surface area (Å²) in [5.41, 5.74) is 1.58. The van der Waals surface area contributed by atoms with Crippen molar-refractivity contribution in [2.45, 2.75) is 0 Å². The highest BCUT2D eigenvalue weighted by Crippen LogP contribution is 2.42. The maximum absolute atomic E-state index is 9.52. The van der Waals surface area contributed by atoms with Crippen molar-refractivity contribution >= 4 is 21.4 Å². The van der Waals surface area contributed by atoms with Crippen molar-refractivity contribution < 1.29 is 9.47 Å². The van der Waals surface area contributed by atoms with E-state index in [2.05, 4.69) is 11.1 Å². The topological polar surface area (TPSA) is 55.1 Å². The van der Waals surface area contributed by atoms with Crippen LogP contribution in [0.2, 0.25) is 0 Å². The molecule has 0 saturated heterocycles. The number of hydrogen-bond donors (Lipinski definition) is 0. The summed E-state index contributed by atoms with van der Waals surface area (Å²) >= 11 is 1.55. The largest absolute Gasteiger partial charge is 0.493 e. The monoisotopic (exact) mass is 296 g/mol. The summed E-state index contributed by atoms with van der Waals surface area (Å²) in [4.78, 5) is 5.03. The molecular formula is C16H12N2O2S. The van der Waals surface area contributed by atoms with E-state index in [1.54, 1.807) is 38.0 Å². The van der Waals surface area contributed by atoms with Gasteiger partial charge in [-0.15, -0.1) is 11.3 Å². The highest BCUT2D eigenvalue weighted by atomic mass is 32.1. The molecule has 4 nitrogen and oxygen atoms in total. The average molecular weight is 296 g/mol. The van der Waals surface area contributed by atoms with Crippen LogP contribution in [0.25, 0.3) is 20.5 Å². The zero-order valence-corrected chi connectivity index (χ0v) is 12.4. The summed E-state index contributed by atoms with van der Waals surface area (Å²) in [5.74, 6) is 1.28. The third-order valence-corrected chi connectivity index (χ3v) is 4.43. The highest BCUT2D eigenvalue weighted by molar-refractivity contribution is 7.22. The van der Waals surface area contributed by atoms with Gasteiger partial charge in [0, 0.05) is 34.1 Å². The van der Waals surface area contributed by atoms with E-state index in [1.165, 1.54) is 0 Å². The van der Waals surface area contributed by atoms with Crippen LogP contribution < -0.4 is 9.47 Å². The third kappa shape index (κ3) is 2.20. The Morgan fingerprint density at radius 3 is 2.57 bits per heavy atom. The Kier molecular flexibility index (Phi) is 3.46. The van der Waals surface area contributed by atoms with Gasteiger partial charge in [-0.25, -0.2) is 0 Å². The number of methoxy groups -OCH3 is 2. The third-order valence-electron chi connectivity index (χ3n) is 3.23. The lowest BCUT2D eigenvalue weighted by atomic mass is 10.1. The summed E-state index contributed by atoms with van der Waals surface area (Å²) in [6.07, 6.45) is 3.48. The van der Waals surface area contributed by atoms with E-state index >= 15 is 0 Å².